The summed E-state index contributed by atoms with van der Waals surface area (Å²) in [6, 6.07) is 2.78. The van der Waals surface area contributed by atoms with Gasteiger partial charge in [-0.2, -0.15) is 5.10 Å². The van der Waals surface area contributed by atoms with Crippen LogP contribution in [-0.2, 0) is 6.54 Å². The van der Waals surface area contributed by atoms with E-state index < -0.39 is 12.0 Å². The molecule has 0 atom stereocenters. The smallest absolute Gasteiger partial charge is 0.266 e. The highest BCUT2D eigenvalue weighted by Gasteiger charge is 2.19. The minimum atomic E-state index is -2.68. The van der Waals surface area contributed by atoms with E-state index in [1.807, 2.05) is 0 Å². The Morgan fingerprint density at radius 3 is 2.75 bits per heavy atom. The maximum Gasteiger partial charge on any atom is 0.266 e. The number of alkyl halides is 2. The molecule has 0 fully saturated rings. The molecular formula is C13H16F2N4O. The number of hydrogen-bond acceptors (Lipinski definition) is 4. The molecule has 0 aliphatic carbocycles. The first-order valence-corrected chi connectivity index (χ1v) is 6.06. The van der Waals surface area contributed by atoms with Crippen molar-refractivity contribution in [1.29, 1.82) is 0 Å². The summed E-state index contributed by atoms with van der Waals surface area (Å²) in [5, 5.41) is 13.9. The van der Waals surface area contributed by atoms with E-state index in [4.69, 9.17) is 5.73 Å². The minimum absolute atomic E-state index is 0.101. The van der Waals surface area contributed by atoms with Gasteiger partial charge in [-0.3, -0.25) is 9.67 Å². The molecule has 0 saturated heterocycles. The van der Waals surface area contributed by atoms with Crippen molar-refractivity contribution >= 4 is 5.69 Å². The molecule has 2 aromatic rings. The van der Waals surface area contributed by atoms with Gasteiger partial charge in [0, 0.05) is 11.8 Å². The van der Waals surface area contributed by atoms with Gasteiger partial charge >= 0.3 is 0 Å². The van der Waals surface area contributed by atoms with Gasteiger partial charge in [0.15, 0.2) is 0 Å². The van der Waals surface area contributed by atoms with Gasteiger partial charge in [0.1, 0.15) is 5.69 Å². The van der Waals surface area contributed by atoms with Crippen molar-refractivity contribution in [3.63, 3.8) is 0 Å². The SMILES string of the molecule is CC(C)(O)Cn1ccc(-c2ncc(N)cc2C(F)F)n1. The van der Waals surface area contributed by atoms with Crippen molar-refractivity contribution in [2.45, 2.75) is 32.4 Å². The van der Waals surface area contributed by atoms with Crippen LogP contribution in [-0.4, -0.2) is 25.5 Å². The molecule has 108 valence electrons. The van der Waals surface area contributed by atoms with E-state index in [0.717, 1.165) is 0 Å². The summed E-state index contributed by atoms with van der Waals surface area (Å²) in [5.74, 6) is 0. The Bertz CT molecular complexity index is 605. The normalized spacial score (nSPS) is 12.1. The van der Waals surface area contributed by atoms with Gasteiger partial charge in [-0.05, 0) is 26.0 Å². The summed E-state index contributed by atoms with van der Waals surface area (Å²) in [7, 11) is 0. The van der Waals surface area contributed by atoms with Crippen LogP contribution in [0.2, 0.25) is 0 Å². The summed E-state index contributed by atoms with van der Waals surface area (Å²) in [6.45, 7) is 3.53. The van der Waals surface area contributed by atoms with Crippen LogP contribution in [0, 0.1) is 0 Å². The Labute approximate surface area is 115 Å². The Balaban J connectivity index is 2.37. The van der Waals surface area contributed by atoms with Crippen molar-refractivity contribution in [1.82, 2.24) is 14.8 Å². The molecule has 0 radical (unpaired) electrons. The monoisotopic (exact) mass is 282 g/mol. The zero-order chi connectivity index (χ0) is 14.9. The summed E-state index contributed by atoms with van der Waals surface area (Å²) >= 11 is 0. The van der Waals surface area contributed by atoms with E-state index in [1.165, 1.54) is 16.9 Å². The molecule has 0 unspecified atom stereocenters. The number of nitrogen functional groups attached to an aromatic ring is 1. The summed E-state index contributed by atoms with van der Waals surface area (Å²) in [6.07, 6.45) is 0.247. The molecule has 0 saturated carbocycles. The van der Waals surface area contributed by atoms with Crippen LogP contribution in [0.4, 0.5) is 14.5 Å². The van der Waals surface area contributed by atoms with Crippen LogP contribution >= 0.6 is 0 Å². The highest BCUT2D eigenvalue weighted by Crippen LogP contribution is 2.29. The first-order valence-electron chi connectivity index (χ1n) is 6.06. The van der Waals surface area contributed by atoms with E-state index in [9.17, 15) is 13.9 Å². The average molecular weight is 282 g/mol. The van der Waals surface area contributed by atoms with Gasteiger partial charge in [0.2, 0.25) is 0 Å². The van der Waals surface area contributed by atoms with Crippen LogP contribution in [0.15, 0.2) is 24.5 Å². The van der Waals surface area contributed by atoms with Crippen molar-refractivity contribution < 1.29 is 13.9 Å². The number of halogens is 2. The molecule has 2 aromatic heterocycles. The number of nitrogens with two attached hydrogens (primary N) is 1. The number of anilines is 1. The van der Waals surface area contributed by atoms with E-state index in [1.54, 1.807) is 26.1 Å². The number of hydrogen-bond donors (Lipinski definition) is 2. The lowest BCUT2D eigenvalue weighted by Gasteiger charge is -2.16. The summed E-state index contributed by atoms with van der Waals surface area (Å²) in [5.41, 5.74) is 4.89. The lowest BCUT2D eigenvalue weighted by atomic mass is 10.1. The van der Waals surface area contributed by atoms with E-state index >= 15 is 0 Å². The van der Waals surface area contributed by atoms with Crippen LogP contribution in [0.1, 0.15) is 25.8 Å². The molecule has 5 nitrogen and oxygen atoms in total. The summed E-state index contributed by atoms with van der Waals surface area (Å²) in [4.78, 5) is 3.94. The zero-order valence-electron chi connectivity index (χ0n) is 11.2. The molecule has 20 heavy (non-hydrogen) atoms. The molecule has 3 N–H and O–H groups in total. The number of aliphatic hydroxyl groups is 1. The third kappa shape index (κ3) is 3.30. The van der Waals surface area contributed by atoms with E-state index in [-0.39, 0.29) is 23.5 Å². The number of nitrogens with zero attached hydrogens (tertiary/aromatic N) is 3. The van der Waals surface area contributed by atoms with Gasteiger partial charge < -0.3 is 10.8 Å². The van der Waals surface area contributed by atoms with Crippen molar-refractivity contribution in [2.75, 3.05) is 5.73 Å². The lowest BCUT2D eigenvalue weighted by molar-refractivity contribution is 0.0578. The second kappa shape index (κ2) is 5.16. The fourth-order valence-electron chi connectivity index (χ4n) is 1.85. The fourth-order valence-corrected chi connectivity index (χ4v) is 1.85. The number of pyridine rings is 1. The minimum Gasteiger partial charge on any atom is -0.397 e. The predicted octanol–water partition coefficient (Wildman–Crippen LogP) is 2.24. The zero-order valence-corrected chi connectivity index (χ0v) is 11.2. The quantitative estimate of drug-likeness (QED) is 0.901. The maximum atomic E-state index is 13.0. The highest BCUT2D eigenvalue weighted by atomic mass is 19.3. The first kappa shape index (κ1) is 14.4. The Hall–Kier alpha value is -2.02. The fraction of sp³-hybridized carbons (Fsp3) is 0.385. The lowest BCUT2D eigenvalue weighted by Crippen LogP contribution is -2.26. The van der Waals surface area contributed by atoms with Crippen molar-refractivity contribution in [3.8, 4) is 11.4 Å². The second-order valence-corrected chi connectivity index (χ2v) is 5.22. The standard InChI is InChI=1S/C13H16F2N4O/c1-13(2,20)7-19-4-3-10(18-19)11-9(12(14)15)5-8(16)6-17-11/h3-6,12,20H,7,16H2,1-2H3. The Morgan fingerprint density at radius 1 is 1.45 bits per heavy atom. The molecule has 2 heterocycles. The van der Waals surface area contributed by atoms with Crippen LogP contribution in [0.25, 0.3) is 11.4 Å². The predicted molar refractivity (Wildman–Crippen MR) is 71.1 cm³/mol. The van der Waals surface area contributed by atoms with Crippen LogP contribution in [0.3, 0.4) is 0 Å². The van der Waals surface area contributed by atoms with Gasteiger partial charge in [-0.15, -0.1) is 0 Å². The molecule has 0 spiro atoms. The second-order valence-electron chi connectivity index (χ2n) is 5.22. The van der Waals surface area contributed by atoms with Crippen LogP contribution < -0.4 is 5.73 Å². The van der Waals surface area contributed by atoms with Gasteiger partial charge in [-0.25, -0.2) is 8.78 Å². The first-order chi connectivity index (χ1) is 9.26. The van der Waals surface area contributed by atoms with E-state index in [2.05, 4.69) is 10.1 Å². The molecule has 0 amide bonds. The Morgan fingerprint density at radius 2 is 2.15 bits per heavy atom. The van der Waals surface area contributed by atoms with Crippen LogP contribution in [0.5, 0.6) is 0 Å². The van der Waals surface area contributed by atoms with Gasteiger partial charge in [0.05, 0.1) is 29.7 Å². The topological polar surface area (TPSA) is 77.0 Å². The van der Waals surface area contributed by atoms with Crippen molar-refractivity contribution in [2.24, 2.45) is 0 Å². The molecule has 7 heteroatoms. The molecule has 0 aliphatic rings. The third-order valence-electron chi connectivity index (χ3n) is 2.61. The van der Waals surface area contributed by atoms with Gasteiger partial charge in [-0.1, -0.05) is 0 Å². The number of aromatic nitrogens is 3. The largest absolute Gasteiger partial charge is 0.397 e. The highest BCUT2D eigenvalue weighted by molar-refractivity contribution is 5.61. The molecule has 0 aromatic carbocycles. The van der Waals surface area contributed by atoms with Gasteiger partial charge in [0.25, 0.3) is 6.43 Å². The van der Waals surface area contributed by atoms with E-state index in [0.29, 0.717) is 5.69 Å². The third-order valence-corrected chi connectivity index (χ3v) is 2.61. The Kier molecular flexibility index (Phi) is 3.71. The molecule has 2 rings (SSSR count). The maximum absolute atomic E-state index is 13.0. The molecule has 0 aliphatic heterocycles. The summed E-state index contributed by atoms with van der Waals surface area (Å²) < 4.78 is 27.5. The molecule has 0 bridgehead atoms. The average Bonchev–Trinajstić information content (AvgIpc) is 2.74. The van der Waals surface area contributed by atoms with Crippen molar-refractivity contribution in [3.05, 3.63) is 30.1 Å². The molecular weight excluding hydrogens is 266 g/mol. The number of rotatable bonds is 4.